The Labute approximate surface area is 186 Å². The molecule has 0 aliphatic carbocycles. The van der Waals surface area contributed by atoms with Crippen LogP contribution in [-0.2, 0) is 14.3 Å². The predicted molar refractivity (Wildman–Crippen MR) is 125 cm³/mol. The molecule has 0 rings (SSSR count). The molecule has 30 heavy (non-hydrogen) atoms. The Kier molecular flexibility index (Phi) is 18.9. The molecule has 0 saturated carbocycles. The highest BCUT2D eigenvalue weighted by Crippen LogP contribution is 2.15. The Morgan fingerprint density at radius 3 is 1.53 bits per heavy atom. The van der Waals surface area contributed by atoms with Crippen LogP contribution in [-0.4, -0.2) is 43.3 Å². The van der Waals surface area contributed by atoms with E-state index in [1.54, 1.807) is 14.0 Å². The third-order valence-corrected chi connectivity index (χ3v) is 5.59. The summed E-state index contributed by atoms with van der Waals surface area (Å²) in [7, 11) is 1.59. The molecule has 0 aromatic rings. The van der Waals surface area contributed by atoms with Crippen molar-refractivity contribution in [2.45, 2.75) is 124 Å². The highest BCUT2D eigenvalue weighted by atomic mass is 16.6. The Balaban J connectivity index is 3.68. The van der Waals surface area contributed by atoms with E-state index in [0.29, 0.717) is 13.2 Å². The Morgan fingerprint density at radius 2 is 1.13 bits per heavy atom. The number of carbonyl (C=O) groups is 2. The van der Waals surface area contributed by atoms with Gasteiger partial charge in [-0.2, -0.15) is 0 Å². The summed E-state index contributed by atoms with van der Waals surface area (Å²) in [5.74, 6) is -0.363. The summed E-state index contributed by atoms with van der Waals surface area (Å²) in [4.78, 5) is 25.6. The molecular weight excluding hydrogens is 378 g/mol. The Bertz CT molecular complexity index is 425. The number of rotatable bonds is 19. The average molecular weight is 428 g/mol. The molecule has 0 aromatic heterocycles. The first-order chi connectivity index (χ1) is 14.5. The number of ether oxygens (including phenoxy) is 2. The van der Waals surface area contributed by atoms with Crippen molar-refractivity contribution in [3.63, 3.8) is 0 Å². The summed E-state index contributed by atoms with van der Waals surface area (Å²) in [5, 5.41) is 0. The van der Waals surface area contributed by atoms with Gasteiger partial charge in [-0.25, -0.2) is 9.59 Å². The summed E-state index contributed by atoms with van der Waals surface area (Å²) in [6, 6.07) is -0.601. The zero-order chi connectivity index (χ0) is 22.6. The van der Waals surface area contributed by atoms with Gasteiger partial charge in [-0.3, -0.25) is 4.90 Å². The molecule has 0 bridgehead atoms. The van der Waals surface area contributed by atoms with Crippen LogP contribution >= 0.6 is 0 Å². The number of unbranched alkanes of at least 4 members (excludes halogenated alkanes) is 13. The molecule has 1 amide bonds. The van der Waals surface area contributed by atoms with Crippen LogP contribution in [0.3, 0.4) is 0 Å². The van der Waals surface area contributed by atoms with Gasteiger partial charge in [0.25, 0.3) is 0 Å². The first kappa shape index (κ1) is 28.7. The van der Waals surface area contributed by atoms with E-state index in [2.05, 4.69) is 6.92 Å². The smallest absolute Gasteiger partial charge is 0.410 e. The van der Waals surface area contributed by atoms with Gasteiger partial charge in [-0.15, -0.1) is 0 Å². The highest BCUT2D eigenvalue weighted by Gasteiger charge is 2.31. The van der Waals surface area contributed by atoms with Crippen molar-refractivity contribution >= 4 is 12.1 Å². The van der Waals surface area contributed by atoms with Gasteiger partial charge in [-0.05, 0) is 19.3 Å². The summed E-state index contributed by atoms with van der Waals surface area (Å²) in [6.45, 7) is 8.56. The maximum atomic E-state index is 12.4. The fourth-order valence-electron chi connectivity index (χ4n) is 3.77. The predicted octanol–water partition coefficient (Wildman–Crippen LogP) is 7.12. The highest BCUT2D eigenvalue weighted by molar-refractivity contribution is 5.81. The van der Waals surface area contributed by atoms with Crippen LogP contribution < -0.4 is 0 Å². The van der Waals surface area contributed by atoms with E-state index in [0.717, 1.165) is 12.8 Å². The van der Waals surface area contributed by atoms with Crippen LogP contribution in [0, 0.1) is 5.92 Å². The van der Waals surface area contributed by atoms with E-state index in [1.807, 2.05) is 13.8 Å². The molecule has 0 saturated heterocycles. The van der Waals surface area contributed by atoms with Crippen LogP contribution in [0.15, 0.2) is 0 Å². The molecular formula is C25H49NO4. The van der Waals surface area contributed by atoms with Gasteiger partial charge in [0, 0.05) is 7.05 Å². The number of hydrogen-bond donors (Lipinski definition) is 0. The first-order valence-corrected chi connectivity index (χ1v) is 12.5. The fourth-order valence-corrected chi connectivity index (χ4v) is 3.77. The van der Waals surface area contributed by atoms with Crippen molar-refractivity contribution in [1.29, 1.82) is 0 Å². The topological polar surface area (TPSA) is 55.8 Å². The molecule has 0 spiro atoms. The molecule has 0 N–H and O–H groups in total. The third-order valence-electron chi connectivity index (χ3n) is 5.59. The zero-order valence-corrected chi connectivity index (χ0v) is 20.5. The number of carbonyl (C=O) groups excluding carboxylic acids is 2. The van der Waals surface area contributed by atoms with Gasteiger partial charge in [0.2, 0.25) is 0 Å². The van der Waals surface area contributed by atoms with Gasteiger partial charge in [0.15, 0.2) is 0 Å². The molecule has 0 fully saturated rings. The minimum absolute atomic E-state index is 0.0248. The fraction of sp³-hybridized carbons (Fsp3) is 0.920. The summed E-state index contributed by atoms with van der Waals surface area (Å²) in [6.07, 6.45) is 17.7. The molecule has 0 heterocycles. The van der Waals surface area contributed by atoms with E-state index >= 15 is 0 Å². The molecule has 0 aliphatic rings. The number of amides is 1. The SMILES string of the molecule is CCCCCCCCCCCCCCCCOC(=O)C(C(C)C)N(C)C(=O)OCC. The first-order valence-electron chi connectivity index (χ1n) is 12.5. The molecule has 178 valence electrons. The van der Waals surface area contributed by atoms with Crippen LogP contribution in [0.5, 0.6) is 0 Å². The van der Waals surface area contributed by atoms with Crippen molar-refractivity contribution in [2.75, 3.05) is 20.3 Å². The molecule has 0 aromatic carbocycles. The summed E-state index contributed by atoms with van der Waals surface area (Å²) < 4.78 is 10.4. The number of hydrogen-bond acceptors (Lipinski definition) is 4. The molecule has 1 atom stereocenters. The lowest BCUT2D eigenvalue weighted by atomic mass is 10.0. The second kappa shape index (κ2) is 19.7. The van der Waals surface area contributed by atoms with Crippen molar-refractivity contribution in [3.05, 3.63) is 0 Å². The second-order valence-corrected chi connectivity index (χ2v) is 8.76. The molecule has 0 radical (unpaired) electrons. The molecule has 1 unspecified atom stereocenters. The van der Waals surface area contributed by atoms with Crippen LogP contribution in [0.1, 0.15) is 118 Å². The molecule has 0 aliphatic heterocycles. The van der Waals surface area contributed by atoms with Crippen molar-refractivity contribution in [3.8, 4) is 0 Å². The maximum Gasteiger partial charge on any atom is 0.410 e. The lowest BCUT2D eigenvalue weighted by Crippen LogP contribution is -2.46. The average Bonchev–Trinajstić information content (AvgIpc) is 2.70. The molecule has 5 nitrogen and oxygen atoms in total. The monoisotopic (exact) mass is 427 g/mol. The quantitative estimate of drug-likeness (QED) is 0.163. The number of likely N-dealkylation sites (N-methyl/N-ethyl adjacent to an activating group) is 1. The number of nitrogens with zero attached hydrogens (tertiary/aromatic N) is 1. The number of esters is 1. The van der Waals surface area contributed by atoms with Gasteiger partial charge in [0.1, 0.15) is 6.04 Å². The second-order valence-electron chi connectivity index (χ2n) is 8.76. The van der Waals surface area contributed by atoms with E-state index in [-0.39, 0.29) is 11.9 Å². The minimum atomic E-state index is -0.601. The lowest BCUT2D eigenvalue weighted by Gasteiger charge is -2.28. The van der Waals surface area contributed by atoms with Crippen molar-refractivity contribution in [2.24, 2.45) is 5.92 Å². The normalized spacial score (nSPS) is 12.1. The standard InChI is InChI=1S/C25H49NO4/c1-6-8-9-10-11-12-13-14-15-16-17-18-19-20-21-30-24(27)23(22(3)4)26(5)25(28)29-7-2/h22-23H,6-21H2,1-5H3. The summed E-state index contributed by atoms with van der Waals surface area (Å²) >= 11 is 0. The third kappa shape index (κ3) is 14.7. The Hall–Kier alpha value is -1.26. The van der Waals surface area contributed by atoms with E-state index in [4.69, 9.17) is 9.47 Å². The zero-order valence-electron chi connectivity index (χ0n) is 20.5. The van der Waals surface area contributed by atoms with Crippen LogP contribution in [0.25, 0.3) is 0 Å². The minimum Gasteiger partial charge on any atom is -0.464 e. The van der Waals surface area contributed by atoms with Gasteiger partial charge < -0.3 is 9.47 Å². The van der Waals surface area contributed by atoms with Gasteiger partial charge in [-0.1, -0.05) is 104 Å². The van der Waals surface area contributed by atoms with E-state index in [9.17, 15) is 9.59 Å². The van der Waals surface area contributed by atoms with Crippen LogP contribution in [0.4, 0.5) is 4.79 Å². The summed E-state index contributed by atoms with van der Waals surface area (Å²) in [5.41, 5.74) is 0. The Morgan fingerprint density at radius 1 is 0.700 bits per heavy atom. The van der Waals surface area contributed by atoms with Crippen molar-refractivity contribution < 1.29 is 19.1 Å². The van der Waals surface area contributed by atoms with Crippen LogP contribution in [0.2, 0.25) is 0 Å². The maximum absolute atomic E-state index is 12.4. The van der Waals surface area contributed by atoms with E-state index < -0.39 is 12.1 Å². The largest absolute Gasteiger partial charge is 0.464 e. The van der Waals surface area contributed by atoms with Gasteiger partial charge in [0.05, 0.1) is 13.2 Å². The lowest BCUT2D eigenvalue weighted by molar-refractivity contribution is -0.150. The molecule has 5 heteroatoms. The van der Waals surface area contributed by atoms with Crippen molar-refractivity contribution in [1.82, 2.24) is 4.90 Å². The van der Waals surface area contributed by atoms with Gasteiger partial charge >= 0.3 is 12.1 Å². The van der Waals surface area contributed by atoms with E-state index in [1.165, 1.54) is 81.9 Å².